The molecule has 1 heterocycles. The lowest BCUT2D eigenvalue weighted by molar-refractivity contribution is -0.120. The quantitative estimate of drug-likeness (QED) is 0.491. The number of benzene rings is 3. The Bertz CT molecular complexity index is 1290. The Morgan fingerprint density at radius 3 is 2.25 bits per heavy atom. The van der Waals surface area contributed by atoms with Crippen LogP contribution in [0.25, 0.3) is 5.70 Å². The van der Waals surface area contributed by atoms with Crippen LogP contribution in [-0.4, -0.2) is 14.2 Å². The molecule has 0 spiro atoms. The third kappa shape index (κ3) is 3.78. The molecule has 0 aromatic heterocycles. The van der Waals surface area contributed by atoms with Gasteiger partial charge in [-0.2, -0.15) is 0 Å². The molecular formula is C27H25NO3S. The first kappa shape index (κ1) is 20.7. The van der Waals surface area contributed by atoms with E-state index in [9.17, 15) is 13.2 Å². The molecule has 4 nitrogen and oxygen atoms in total. The number of rotatable bonds is 6. The van der Waals surface area contributed by atoms with Gasteiger partial charge in [0, 0.05) is 18.3 Å². The van der Waals surface area contributed by atoms with E-state index in [1.54, 1.807) is 12.1 Å². The van der Waals surface area contributed by atoms with E-state index in [4.69, 9.17) is 0 Å². The predicted octanol–water partition coefficient (Wildman–Crippen LogP) is 5.70. The van der Waals surface area contributed by atoms with Crippen LogP contribution >= 0.6 is 0 Å². The average Bonchev–Trinajstić information content (AvgIpc) is 3.65. The molecule has 2 aliphatic rings. The number of para-hydroxylation sites is 1. The molecule has 162 valence electrons. The maximum Gasteiger partial charge on any atom is 0.268 e. The molecule has 0 bridgehead atoms. The maximum absolute atomic E-state index is 13.9. The van der Waals surface area contributed by atoms with Crippen molar-refractivity contribution in [3.8, 4) is 0 Å². The number of aryl methyl sites for hydroxylation is 1. The van der Waals surface area contributed by atoms with E-state index < -0.39 is 10.0 Å². The fraction of sp³-hybridized carbons (Fsp3) is 0.222. The summed E-state index contributed by atoms with van der Waals surface area (Å²) in [5.74, 6) is 0.285. The number of carbonyl (C=O) groups is 1. The van der Waals surface area contributed by atoms with Crippen molar-refractivity contribution in [1.29, 1.82) is 0 Å². The number of anilines is 1. The van der Waals surface area contributed by atoms with Gasteiger partial charge >= 0.3 is 0 Å². The zero-order valence-corrected chi connectivity index (χ0v) is 18.8. The first-order valence-electron chi connectivity index (χ1n) is 11.0. The van der Waals surface area contributed by atoms with Crippen LogP contribution in [0.5, 0.6) is 0 Å². The number of carbonyl (C=O) groups excluding carboxylic acids is 1. The fourth-order valence-corrected chi connectivity index (χ4v) is 5.86. The third-order valence-corrected chi connectivity index (χ3v) is 7.96. The molecule has 32 heavy (non-hydrogen) atoms. The van der Waals surface area contributed by atoms with Crippen molar-refractivity contribution in [2.45, 2.75) is 37.0 Å². The number of fused-ring (bicyclic) bond motifs is 1. The topological polar surface area (TPSA) is 54.5 Å². The number of allylic oxidation sites excluding steroid dienone is 1. The van der Waals surface area contributed by atoms with Crippen LogP contribution in [0.1, 0.15) is 41.9 Å². The van der Waals surface area contributed by atoms with Gasteiger partial charge in [-0.25, -0.2) is 12.7 Å². The molecule has 0 amide bonds. The van der Waals surface area contributed by atoms with Gasteiger partial charge in [0.1, 0.15) is 5.78 Å². The Hall–Kier alpha value is -3.18. The van der Waals surface area contributed by atoms with Crippen LogP contribution in [0, 0.1) is 12.8 Å². The number of hydrogen-bond acceptors (Lipinski definition) is 3. The Labute approximate surface area is 189 Å². The van der Waals surface area contributed by atoms with Gasteiger partial charge < -0.3 is 0 Å². The summed E-state index contributed by atoms with van der Waals surface area (Å²) in [5, 5.41) is 0. The monoisotopic (exact) mass is 443 g/mol. The minimum Gasteiger partial charge on any atom is -0.299 e. The van der Waals surface area contributed by atoms with Gasteiger partial charge in [-0.1, -0.05) is 72.3 Å². The summed E-state index contributed by atoms with van der Waals surface area (Å²) in [4.78, 5) is 12.9. The number of ketones is 1. The highest BCUT2D eigenvalue weighted by Crippen LogP contribution is 2.45. The minimum atomic E-state index is -3.87. The van der Waals surface area contributed by atoms with Crippen molar-refractivity contribution in [2.24, 2.45) is 5.92 Å². The lowest BCUT2D eigenvalue weighted by Gasteiger charge is -2.35. The zero-order chi connectivity index (χ0) is 22.3. The van der Waals surface area contributed by atoms with Crippen molar-refractivity contribution in [2.75, 3.05) is 4.31 Å². The fourth-order valence-electron chi connectivity index (χ4n) is 4.32. The standard InChI is InChI=1S/C27H25NO3S/c1-19-11-15-23(16-12-19)32(30,31)28-25-10-6-5-9-24(25)22(18-27(29)21-13-14-21)17-26(28)20-7-3-2-4-8-20/h2-12,15-17,21-22H,13-14,18H2,1H3/t22-/m0/s1. The van der Waals surface area contributed by atoms with E-state index in [2.05, 4.69) is 0 Å². The molecule has 1 saturated carbocycles. The summed E-state index contributed by atoms with van der Waals surface area (Å²) in [5.41, 5.74) is 3.89. The van der Waals surface area contributed by atoms with Gasteiger partial charge in [0.25, 0.3) is 10.0 Å². The molecule has 0 radical (unpaired) electrons. The van der Waals surface area contributed by atoms with Gasteiger partial charge in [-0.3, -0.25) is 4.79 Å². The summed E-state index contributed by atoms with van der Waals surface area (Å²) in [7, 11) is -3.87. The Balaban J connectivity index is 1.68. The van der Waals surface area contributed by atoms with Crippen molar-refractivity contribution in [3.63, 3.8) is 0 Å². The molecule has 1 atom stereocenters. The Morgan fingerprint density at radius 1 is 0.906 bits per heavy atom. The van der Waals surface area contributed by atoms with E-state index in [1.165, 1.54) is 4.31 Å². The van der Waals surface area contributed by atoms with Crippen molar-refractivity contribution < 1.29 is 13.2 Å². The predicted molar refractivity (Wildman–Crippen MR) is 127 cm³/mol. The largest absolute Gasteiger partial charge is 0.299 e. The summed E-state index contributed by atoms with van der Waals surface area (Å²) in [6.45, 7) is 1.93. The molecule has 3 aromatic rings. The number of nitrogens with zero attached hydrogens (tertiary/aromatic N) is 1. The number of hydrogen-bond donors (Lipinski definition) is 0. The lowest BCUT2D eigenvalue weighted by atomic mass is 9.87. The first-order chi connectivity index (χ1) is 15.4. The SMILES string of the molecule is Cc1ccc(S(=O)(=O)N2C(c3ccccc3)=C[C@@H](CC(=O)C3CC3)c3ccccc32)cc1. The Morgan fingerprint density at radius 2 is 1.56 bits per heavy atom. The van der Waals surface area contributed by atoms with E-state index in [1.807, 2.05) is 79.7 Å². The average molecular weight is 444 g/mol. The molecule has 0 saturated heterocycles. The third-order valence-electron chi connectivity index (χ3n) is 6.22. The van der Waals surface area contributed by atoms with E-state index in [-0.39, 0.29) is 22.5 Å². The minimum absolute atomic E-state index is 0.154. The molecule has 5 rings (SSSR count). The van der Waals surface area contributed by atoms with Gasteiger partial charge in [0.2, 0.25) is 0 Å². The molecule has 0 unspecified atom stereocenters. The van der Waals surface area contributed by atoms with Crippen LogP contribution < -0.4 is 4.31 Å². The summed E-state index contributed by atoms with van der Waals surface area (Å²) in [6.07, 6.45) is 4.30. The van der Waals surface area contributed by atoms with E-state index in [0.29, 0.717) is 17.8 Å². The first-order valence-corrected chi connectivity index (χ1v) is 12.4. The molecule has 3 aromatic carbocycles. The van der Waals surface area contributed by atoms with Crippen molar-refractivity contribution in [3.05, 3.63) is 102 Å². The molecule has 1 aliphatic heterocycles. The van der Waals surface area contributed by atoms with Crippen LogP contribution in [0.15, 0.2) is 89.8 Å². The summed E-state index contributed by atoms with van der Waals surface area (Å²) < 4.78 is 29.3. The molecule has 1 fully saturated rings. The second-order valence-corrected chi connectivity index (χ2v) is 10.4. The molecular weight excluding hydrogens is 418 g/mol. The summed E-state index contributed by atoms with van der Waals surface area (Å²) >= 11 is 0. The highest BCUT2D eigenvalue weighted by molar-refractivity contribution is 7.93. The van der Waals surface area contributed by atoms with Crippen LogP contribution in [0.4, 0.5) is 5.69 Å². The lowest BCUT2D eigenvalue weighted by Crippen LogP contribution is -2.33. The molecule has 0 N–H and O–H groups in total. The summed E-state index contributed by atoms with van der Waals surface area (Å²) in [6, 6.07) is 24.0. The van der Waals surface area contributed by atoms with Gasteiger partial charge in [-0.15, -0.1) is 0 Å². The van der Waals surface area contributed by atoms with Crippen LogP contribution in [-0.2, 0) is 14.8 Å². The molecule has 1 aliphatic carbocycles. The van der Waals surface area contributed by atoms with Gasteiger partial charge in [-0.05, 0) is 49.1 Å². The van der Waals surface area contributed by atoms with Gasteiger partial charge in [0.15, 0.2) is 0 Å². The highest BCUT2D eigenvalue weighted by atomic mass is 32.2. The molecule has 5 heteroatoms. The van der Waals surface area contributed by atoms with Gasteiger partial charge in [0.05, 0.1) is 16.3 Å². The van der Waals surface area contributed by atoms with E-state index >= 15 is 0 Å². The van der Waals surface area contributed by atoms with E-state index in [0.717, 1.165) is 29.5 Å². The Kier molecular flexibility index (Phi) is 5.22. The number of sulfonamides is 1. The highest BCUT2D eigenvalue weighted by Gasteiger charge is 2.38. The second kappa shape index (κ2) is 8.06. The number of Topliss-reactive ketones (excluding diaryl/α,β-unsaturated/α-hetero) is 1. The van der Waals surface area contributed by atoms with Crippen LogP contribution in [0.3, 0.4) is 0 Å². The maximum atomic E-state index is 13.9. The smallest absolute Gasteiger partial charge is 0.268 e. The second-order valence-electron chi connectivity index (χ2n) is 8.61. The van der Waals surface area contributed by atoms with Crippen molar-refractivity contribution in [1.82, 2.24) is 0 Å². The van der Waals surface area contributed by atoms with Crippen LogP contribution in [0.2, 0.25) is 0 Å². The zero-order valence-electron chi connectivity index (χ0n) is 17.9. The normalized spacial score (nSPS) is 18.1. The van der Waals surface area contributed by atoms with Crippen molar-refractivity contribution >= 4 is 27.2 Å².